The van der Waals surface area contributed by atoms with Gasteiger partial charge in [0.15, 0.2) is 6.61 Å². The molecule has 0 unspecified atom stereocenters. The van der Waals surface area contributed by atoms with Gasteiger partial charge in [-0.3, -0.25) is 9.59 Å². The molecule has 0 spiro atoms. The van der Waals surface area contributed by atoms with Gasteiger partial charge in [0.2, 0.25) is 5.91 Å². The minimum Gasteiger partial charge on any atom is -0.482 e. The minimum absolute atomic E-state index is 0.169. The Balaban J connectivity index is 1.53. The zero-order valence-electron chi connectivity index (χ0n) is 14.8. The molecular weight excluding hydrogens is 368 g/mol. The van der Waals surface area contributed by atoms with Crippen LogP contribution >= 0.6 is 11.3 Å². The van der Waals surface area contributed by atoms with Crippen molar-refractivity contribution in [3.8, 4) is 5.75 Å². The molecule has 1 aromatic carbocycles. The predicted molar refractivity (Wildman–Crippen MR) is 101 cm³/mol. The van der Waals surface area contributed by atoms with E-state index >= 15 is 0 Å². The van der Waals surface area contributed by atoms with Gasteiger partial charge in [0.1, 0.15) is 11.3 Å². The second kappa shape index (κ2) is 8.22. The summed E-state index contributed by atoms with van der Waals surface area (Å²) in [7, 11) is 0. The number of amides is 2. The van der Waals surface area contributed by atoms with Crippen molar-refractivity contribution in [3.05, 3.63) is 46.7 Å². The maximum Gasteiger partial charge on any atom is 0.344 e. The van der Waals surface area contributed by atoms with Crippen molar-refractivity contribution >= 4 is 34.8 Å². The predicted octanol–water partition coefficient (Wildman–Crippen LogP) is 2.59. The van der Waals surface area contributed by atoms with Crippen LogP contribution in [0, 0.1) is 0 Å². The molecule has 3 rings (SSSR count). The standard InChI is InChI=1S/C19H20N2O5S/c1-2-25-16(22)12-26-14-7-5-13(6-8-14)20-18(24)19(9-10-19)21-17(23)15-4-3-11-27-15/h3-8,11H,2,9-10,12H2,1H3,(H,20,24)(H,21,23). The van der Waals surface area contributed by atoms with Crippen molar-refractivity contribution in [3.63, 3.8) is 0 Å². The van der Waals surface area contributed by atoms with E-state index in [0.29, 0.717) is 35.8 Å². The van der Waals surface area contributed by atoms with E-state index in [1.54, 1.807) is 43.3 Å². The van der Waals surface area contributed by atoms with Gasteiger partial charge in [-0.25, -0.2) is 4.79 Å². The van der Waals surface area contributed by atoms with Gasteiger partial charge >= 0.3 is 5.97 Å². The molecule has 1 saturated carbocycles. The highest BCUT2D eigenvalue weighted by atomic mass is 32.1. The first kappa shape index (κ1) is 18.9. The van der Waals surface area contributed by atoms with E-state index < -0.39 is 11.5 Å². The smallest absolute Gasteiger partial charge is 0.344 e. The molecule has 2 N–H and O–H groups in total. The molecule has 27 heavy (non-hydrogen) atoms. The van der Waals surface area contributed by atoms with Gasteiger partial charge in [-0.2, -0.15) is 0 Å². The summed E-state index contributed by atoms with van der Waals surface area (Å²) >= 11 is 1.34. The molecule has 1 aliphatic rings. The molecule has 0 aliphatic heterocycles. The summed E-state index contributed by atoms with van der Waals surface area (Å²) in [6.45, 7) is 1.86. The fraction of sp³-hybridized carbons (Fsp3) is 0.316. The molecule has 7 nitrogen and oxygen atoms in total. The van der Waals surface area contributed by atoms with Crippen LogP contribution in [0.25, 0.3) is 0 Å². The number of ether oxygens (including phenoxy) is 2. The van der Waals surface area contributed by atoms with Crippen LogP contribution in [0.5, 0.6) is 5.75 Å². The van der Waals surface area contributed by atoms with Crippen molar-refractivity contribution in [2.75, 3.05) is 18.5 Å². The highest BCUT2D eigenvalue weighted by Crippen LogP contribution is 2.37. The molecule has 2 aromatic rings. The lowest BCUT2D eigenvalue weighted by Gasteiger charge is -2.17. The first-order chi connectivity index (χ1) is 13.0. The van der Waals surface area contributed by atoms with Gasteiger partial charge in [0, 0.05) is 5.69 Å². The second-order valence-corrected chi connectivity index (χ2v) is 7.03. The fourth-order valence-corrected chi connectivity index (χ4v) is 3.07. The van der Waals surface area contributed by atoms with Crippen LogP contribution in [-0.2, 0) is 14.3 Å². The van der Waals surface area contributed by atoms with Crippen LogP contribution < -0.4 is 15.4 Å². The summed E-state index contributed by atoms with van der Waals surface area (Å²) in [5.41, 5.74) is -0.264. The molecule has 142 valence electrons. The van der Waals surface area contributed by atoms with Gasteiger partial charge in [-0.1, -0.05) is 6.07 Å². The Hall–Kier alpha value is -2.87. The monoisotopic (exact) mass is 388 g/mol. The molecule has 2 amide bonds. The van der Waals surface area contributed by atoms with Crippen LogP contribution in [0.4, 0.5) is 5.69 Å². The van der Waals surface area contributed by atoms with Gasteiger partial charge in [0.05, 0.1) is 11.5 Å². The Labute approximate surface area is 160 Å². The molecule has 1 aliphatic carbocycles. The summed E-state index contributed by atoms with van der Waals surface area (Å²) < 4.78 is 10.1. The maximum absolute atomic E-state index is 12.6. The van der Waals surface area contributed by atoms with E-state index in [0.717, 1.165) is 0 Å². The molecule has 0 bridgehead atoms. The molecule has 0 radical (unpaired) electrons. The first-order valence-electron chi connectivity index (χ1n) is 8.58. The lowest BCUT2D eigenvalue weighted by molar-refractivity contribution is -0.145. The Morgan fingerprint density at radius 1 is 1.15 bits per heavy atom. The normalized spacial score (nSPS) is 14.1. The van der Waals surface area contributed by atoms with Crippen molar-refractivity contribution in [2.45, 2.75) is 25.3 Å². The number of hydrogen-bond donors (Lipinski definition) is 2. The van der Waals surface area contributed by atoms with Gasteiger partial charge in [-0.15, -0.1) is 11.3 Å². The van der Waals surface area contributed by atoms with Crippen molar-refractivity contribution in [1.82, 2.24) is 5.32 Å². The third kappa shape index (κ3) is 4.85. The Bertz CT molecular complexity index is 813. The zero-order valence-corrected chi connectivity index (χ0v) is 15.6. The first-order valence-corrected chi connectivity index (χ1v) is 9.46. The van der Waals surface area contributed by atoms with Crippen LogP contribution in [0.2, 0.25) is 0 Å². The van der Waals surface area contributed by atoms with E-state index in [2.05, 4.69) is 10.6 Å². The quantitative estimate of drug-likeness (QED) is 0.678. The molecule has 0 atom stereocenters. The lowest BCUT2D eigenvalue weighted by Crippen LogP contribution is -2.45. The average molecular weight is 388 g/mol. The molecule has 8 heteroatoms. The lowest BCUT2D eigenvalue weighted by atomic mass is 10.2. The van der Waals surface area contributed by atoms with Gasteiger partial charge in [0.25, 0.3) is 5.91 Å². The Kier molecular flexibility index (Phi) is 5.75. The Morgan fingerprint density at radius 3 is 2.48 bits per heavy atom. The molecule has 1 heterocycles. The van der Waals surface area contributed by atoms with Crippen LogP contribution in [-0.4, -0.2) is 36.5 Å². The number of benzene rings is 1. The summed E-state index contributed by atoms with van der Waals surface area (Å²) in [6.07, 6.45) is 1.22. The number of nitrogens with one attached hydrogen (secondary N) is 2. The number of rotatable bonds is 8. The summed E-state index contributed by atoms with van der Waals surface area (Å²) in [5.74, 6) is -0.423. The fourth-order valence-electron chi connectivity index (χ4n) is 2.45. The van der Waals surface area contributed by atoms with Crippen LogP contribution in [0.15, 0.2) is 41.8 Å². The average Bonchev–Trinajstić information content (AvgIpc) is 3.23. The zero-order chi connectivity index (χ0) is 19.3. The number of carbonyl (C=O) groups is 3. The van der Waals surface area contributed by atoms with E-state index in [-0.39, 0.29) is 18.4 Å². The van der Waals surface area contributed by atoms with E-state index in [1.165, 1.54) is 11.3 Å². The summed E-state index contributed by atoms with van der Waals surface area (Å²) in [4.78, 5) is 36.6. The van der Waals surface area contributed by atoms with E-state index in [1.807, 2.05) is 5.38 Å². The SMILES string of the molecule is CCOC(=O)COc1ccc(NC(=O)C2(NC(=O)c3cccs3)CC2)cc1. The Morgan fingerprint density at radius 2 is 1.89 bits per heavy atom. The maximum atomic E-state index is 12.6. The number of anilines is 1. The van der Waals surface area contributed by atoms with Crippen molar-refractivity contribution < 1.29 is 23.9 Å². The largest absolute Gasteiger partial charge is 0.482 e. The third-order valence-electron chi connectivity index (χ3n) is 4.06. The highest BCUT2D eigenvalue weighted by Gasteiger charge is 2.51. The van der Waals surface area contributed by atoms with Crippen LogP contribution in [0.1, 0.15) is 29.4 Å². The summed E-state index contributed by atoms with van der Waals surface area (Å²) in [6, 6.07) is 10.2. The van der Waals surface area contributed by atoms with E-state index in [9.17, 15) is 14.4 Å². The highest BCUT2D eigenvalue weighted by molar-refractivity contribution is 7.12. The van der Waals surface area contributed by atoms with Crippen LogP contribution in [0.3, 0.4) is 0 Å². The van der Waals surface area contributed by atoms with Gasteiger partial charge < -0.3 is 20.1 Å². The number of esters is 1. The second-order valence-electron chi connectivity index (χ2n) is 6.09. The number of thiophene rings is 1. The van der Waals surface area contributed by atoms with Gasteiger partial charge in [-0.05, 0) is 55.5 Å². The van der Waals surface area contributed by atoms with Crippen molar-refractivity contribution in [2.24, 2.45) is 0 Å². The molecular formula is C19H20N2O5S. The molecule has 1 fully saturated rings. The number of carbonyl (C=O) groups excluding carboxylic acids is 3. The topological polar surface area (TPSA) is 93.7 Å². The third-order valence-corrected chi connectivity index (χ3v) is 4.93. The van der Waals surface area contributed by atoms with E-state index in [4.69, 9.17) is 9.47 Å². The van der Waals surface area contributed by atoms with Crippen molar-refractivity contribution in [1.29, 1.82) is 0 Å². The number of hydrogen-bond acceptors (Lipinski definition) is 6. The summed E-state index contributed by atoms with van der Waals surface area (Å²) in [5, 5.41) is 7.46. The molecule has 1 aromatic heterocycles. The molecule has 0 saturated heterocycles. The minimum atomic E-state index is -0.847.